The van der Waals surface area contributed by atoms with Crippen molar-refractivity contribution in [3.8, 4) is 11.5 Å². The second-order valence-corrected chi connectivity index (χ2v) is 5.65. The Morgan fingerprint density at radius 2 is 1.80 bits per heavy atom. The molecule has 2 aromatic rings. The number of carbonyl (C=O) groups is 2. The molecule has 25 heavy (non-hydrogen) atoms. The summed E-state index contributed by atoms with van der Waals surface area (Å²) < 4.78 is 16.2. The summed E-state index contributed by atoms with van der Waals surface area (Å²) in [6.07, 6.45) is -1.81. The fourth-order valence-electron chi connectivity index (χ4n) is 2.37. The molecule has 6 nitrogen and oxygen atoms in total. The van der Waals surface area contributed by atoms with Crippen LogP contribution in [0, 0.1) is 0 Å². The summed E-state index contributed by atoms with van der Waals surface area (Å²) in [6, 6.07) is 16.6. The van der Waals surface area contributed by atoms with Crippen molar-refractivity contribution in [1.82, 2.24) is 5.32 Å². The van der Waals surface area contributed by atoms with Gasteiger partial charge in [0, 0.05) is 6.54 Å². The Hall–Kier alpha value is -3.02. The number of carbonyl (C=O) groups excluding carboxylic acids is 2. The van der Waals surface area contributed by atoms with Gasteiger partial charge in [-0.05, 0) is 24.6 Å². The van der Waals surface area contributed by atoms with Gasteiger partial charge in [0.25, 0.3) is 5.91 Å². The number of amides is 1. The van der Waals surface area contributed by atoms with Gasteiger partial charge in [-0.3, -0.25) is 4.79 Å². The van der Waals surface area contributed by atoms with Crippen LogP contribution in [0.25, 0.3) is 0 Å². The lowest BCUT2D eigenvalue weighted by atomic mass is 10.2. The normalized spacial score (nSPS) is 16.6. The summed E-state index contributed by atoms with van der Waals surface area (Å²) in [7, 11) is 0. The van der Waals surface area contributed by atoms with Crippen LogP contribution in [0.15, 0.2) is 54.6 Å². The summed E-state index contributed by atoms with van der Waals surface area (Å²) >= 11 is 0. The van der Waals surface area contributed by atoms with Gasteiger partial charge in [0.15, 0.2) is 17.6 Å². The van der Waals surface area contributed by atoms with E-state index in [1.165, 1.54) is 6.92 Å². The minimum absolute atomic E-state index is 0.0498. The van der Waals surface area contributed by atoms with Crippen LogP contribution in [-0.2, 0) is 20.9 Å². The average Bonchev–Trinajstić information content (AvgIpc) is 2.66. The Morgan fingerprint density at radius 3 is 2.56 bits per heavy atom. The second-order valence-electron chi connectivity index (χ2n) is 5.65. The quantitative estimate of drug-likeness (QED) is 0.843. The van der Waals surface area contributed by atoms with E-state index in [1.54, 1.807) is 18.2 Å². The molecule has 3 rings (SSSR count). The second kappa shape index (κ2) is 7.70. The molecule has 1 aliphatic heterocycles. The molecule has 0 aliphatic carbocycles. The van der Waals surface area contributed by atoms with Gasteiger partial charge in [-0.2, -0.15) is 0 Å². The van der Waals surface area contributed by atoms with Gasteiger partial charge in [-0.15, -0.1) is 0 Å². The molecule has 0 spiro atoms. The van der Waals surface area contributed by atoms with E-state index in [0.717, 1.165) is 5.56 Å². The lowest BCUT2D eigenvalue weighted by molar-refractivity contribution is -0.163. The number of benzene rings is 2. The fourth-order valence-corrected chi connectivity index (χ4v) is 2.37. The molecule has 1 aliphatic rings. The minimum Gasteiger partial charge on any atom is -0.485 e. The largest absolute Gasteiger partial charge is 0.485 e. The molecule has 130 valence electrons. The number of hydrogen-bond acceptors (Lipinski definition) is 5. The highest BCUT2D eigenvalue weighted by molar-refractivity contribution is 5.84. The molecule has 1 amide bonds. The fraction of sp³-hybridized carbons (Fsp3) is 0.263. The lowest BCUT2D eigenvalue weighted by Crippen LogP contribution is -2.42. The van der Waals surface area contributed by atoms with Crippen molar-refractivity contribution in [2.24, 2.45) is 0 Å². The Balaban J connectivity index is 1.50. The molecule has 2 atom stereocenters. The number of nitrogens with one attached hydrogen (secondary N) is 1. The Bertz CT molecular complexity index is 746. The maximum atomic E-state index is 12.2. The first-order valence-corrected chi connectivity index (χ1v) is 8.04. The van der Waals surface area contributed by atoms with Gasteiger partial charge in [0.1, 0.15) is 6.61 Å². The predicted molar refractivity (Wildman–Crippen MR) is 90.2 cm³/mol. The Morgan fingerprint density at radius 1 is 1.12 bits per heavy atom. The zero-order valence-corrected chi connectivity index (χ0v) is 13.8. The van der Waals surface area contributed by atoms with Crippen molar-refractivity contribution < 1.29 is 23.8 Å². The number of rotatable bonds is 5. The maximum absolute atomic E-state index is 12.2. The van der Waals surface area contributed by atoms with E-state index < -0.39 is 18.2 Å². The van der Waals surface area contributed by atoms with Crippen LogP contribution < -0.4 is 14.8 Å². The van der Waals surface area contributed by atoms with Crippen molar-refractivity contribution in [2.45, 2.75) is 25.7 Å². The van der Waals surface area contributed by atoms with Crippen LogP contribution in [0.1, 0.15) is 12.5 Å². The summed E-state index contributed by atoms with van der Waals surface area (Å²) in [6.45, 7) is 1.95. The van der Waals surface area contributed by atoms with E-state index in [0.29, 0.717) is 18.0 Å². The van der Waals surface area contributed by atoms with Gasteiger partial charge in [0.05, 0.1) is 0 Å². The molecule has 0 unspecified atom stereocenters. The maximum Gasteiger partial charge on any atom is 0.351 e. The molecule has 1 N–H and O–H groups in total. The summed E-state index contributed by atoms with van der Waals surface area (Å²) in [4.78, 5) is 24.3. The van der Waals surface area contributed by atoms with Gasteiger partial charge in [-0.25, -0.2) is 4.79 Å². The number of para-hydroxylation sites is 2. The minimum atomic E-state index is -0.919. The summed E-state index contributed by atoms with van der Waals surface area (Å²) in [5.74, 6) is 0.0725. The van der Waals surface area contributed by atoms with Gasteiger partial charge >= 0.3 is 5.97 Å². The zero-order chi connectivity index (χ0) is 17.6. The smallest absolute Gasteiger partial charge is 0.351 e. The highest BCUT2D eigenvalue weighted by atomic mass is 16.6. The van der Waals surface area contributed by atoms with E-state index in [-0.39, 0.29) is 12.5 Å². The van der Waals surface area contributed by atoms with Crippen LogP contribution in [0.2, 0.25) is 0 Å². The van der Waals surface area contributed by atoms with Crippen molar-refractivity contribution in [3.63, 3.8) is 0 Å². The Labute approximate surface area is 145 Å². The van der Waals surface area contributed by atoms with Crippen molar-refractivity contribution in [2.75, 3.05) is 6.61 Å². The van der Waals surface area contributed by atoms with Crippen molar-refractivity contribution in [1.29, 1.82) is 0 Å². The van der Waals surface area contributed by atoms with Crippen LogP contribution in [0.4, 0.5) is 0 Å². The number of fused-ring (bicyclic) bond motifs is 1. The molecule has 0 saturated heterocycles. The number of hydrogen-bond donors (Lipinski definition) is 1. The molecule has 6 heteroatoms. The van der Waals surface area contributed by atoms with Gasteiger partial charge in [0.2, 0.25) is 6.10 Å². The van der Waals surface area contributed by atoms with Crippen molar-refractivity contribution in [3.05, 3.63) is 60.2 Å². The topological polar surface area (TPSA) is 73.9 Å². The molecular formula is C19H19NO5. The molecule has 0 radical (unpaired) electrons. The molecule has 0 aromatic heterocycles. The highest BCUT2D eigenvalue weighted by Gasteiger charge is 2.31. The lowest BCUT2D eigenvalue weighted by Gasteiger charge is -2.25. The molecule has 1 heterocycles. The Kier molecular flexibility index (Phi) is 5.18. The highest BCUT2D eigenvalue weighted by Crippen LogP contribution is 2.31. The SMILES string of the molecule is C[C@@H](OC(=O)[C@@H]1COc2ccccc2O1)C(=O)NCc1ccccc1. The number of ether oxygens (including phenoxy) is 3. The molecule has 0 saturated carbocycles. The van der Waals surface area contributed by atoms with E-state index in [2.05, 4.69) is 5.32 Å². The van der Waals surface area contributed by atoms with Gasteiger partial charge in [-0.1, -0.05) is 42.5 Å². The van der Waals surface area contributed by atoms with E-state index in [4.69, 9.17) is 14.2 Å². The van der Waals surface area contributed by atoms with Crippen LogP contribution >= 0.6 is 0 Å². The first-order valence-electron chi connectivity index (χ1n) is 8.04. The van der Waals surface area contributed by atoms with E-state index >= 15 is 0 Å². The summed E-state index contributed by atoms with van der Waals surface area (Å²) in [5, 5.41) is 2.73. The van der Waals surface area contributed by atoms with Crippen molar-refractivity contribution >= 4 is 11.9 Å². The monoisotopic (exact) mass is 341 g/mol. The zero-order valence-electron chi connectivity index (χ0n) is 13.8. The third-order valence-corrected chi connectivity index (χ3v) is 3.74. The molecule has 0 bridgehead atoms. The van der Waals surface area contributed by atoms with Crippen LogP contribution in [-0.4, -0.2) is 30.7 Å². The predicted octanol–water partition coefficient (Wildman–Crippen LogP) is 2.07. The third kappa shape index (κ3) is 4.29. The first kappa shape index (κ1) is 16.8. The van der Waals surface area contributed by atoms with E-state index in [1.807, 2.05) is 36.4 Å². The van der Waals surface area contributed by atoms with Crippen LogP contribution in [0.3, 0.4) is 0 Å². The first-order chi connectivity index (χ1) is 12.1. The standard InChI is InChI=1S/C19H19NO5/c1-13(18(21)20-11-14-7-3-2-4-8-14)24-19(22)17-12-23-15-9-5-6-10-16(15)25-17/h2-10,13,17H,11-12H2,1H3,(H,20,21)/t13-,17+/m1/s1. The average molecular weight is 341 g/mol. The number of esters is 1. The van der Waals surface area contributed by atoms with E-state index in [9.17, 15) is 9.59 Å². The van der Waals surface area contributed by atoms with Gasteiger partial charge < -0.3 is 19.5 Å². The molecule has 2 aromatic carbocycles. The third-order valence-electron chi connectivity index (χ3n) is 3.74. The summed E-state index contributed by atoms with van der Waals surface area (Å²) in [5.41, 5.74) is 0.968. The molecular weight excluding hydrogens is 322 g/mol. The molecule has 0 fully saturated rings. The van der Waals surface area contributed by atoms with Crippen LogP contribution in [0.5, 0.6) is 11.5 Å².